The molecule has 0 radical (unpaired) electrons. The van der Waals surface area contributed by atoms with Crippen LogP contribution in [0.2, 0.25) is 0 Å². The third-order valence-electron chi connectivity index (χ3n) is 4.50. The second kappa shape index (κ2) is 8.82. The van der Waals surface area contributed by atoms with Crippen molar-refractivity contribution in [2.24, 2.45) is 0 Å². The average Bonchev–Trinajstić information content (AvgIpc) is 2.73. The number of halogens is 1. The highest BCUT2D eigenvalue weighted by molar-refractivity contribution is 5.89. The smallest absolute Gasteiger partial charge is 0.352 e. The maximum Gasteiger partial charge on any atom is 0.352 e. The van der Waals surface area contributed by atoms with Crippen LogP contribution in [0, 0.1) is 5.82 Å². The summed E-state index contributed by atoms with van der Waals surface area (Å²) in [5.41, 5.74) is 0.247. The van der Waals surface area contributed by atoms with Crippen LogP contribution in [-0.2, 0) is 11.3 Å². The van der Waals surface area contributed by atoms with Gasteiger partial charge in [-0.25, -0.2) is 13.8 Å². The molecule has 0 bridgehead atoms. The van der Waals surface area contributed by atoms with E-state index < -0.39 is 23.0 Å². The summed E-state index contributed by atoms with van der Waals surface area (Å²) in [6.07, 6.45) is 0. The van der Waals surface area contributed by atoms with E-state index in [9.17, 15) is 18.8 Å². The third kappa shape index (κ3) is 4.63. The molecule has 0 aliphatic heterocycles. The van der Waals surface area contributed by atoms with E-state index in [4.69, 9.17) is 4.74 Å². The van der Waals surface area contributed by atoms with Gasteiger partial charge in [0.05, 0.1) is 25.0 Å². The lowest BCUT2D eigenvalue weighted by molar-refractivity contribution is -0.114. The van der Waals surface area contributed by atoms with E-state index in [2.05, 4.69) is 10.4 Å². The quantitative estimate of drug-likeness (QED) is 0.642. The number of benzene rings is 2. The van der Waals surface area contributed by atoms with Crippen LogP contribution in [-0.4, -0.2) is 41.5 Å². The van der Waals surface area contributed by atoms with Crippen molar-refractivity contribution >= 4 is 17.3 Å². The summed E-state index contributed by atoms with van der Waals surface area (Å²) in [4.78, 5) is 39.1. The largest absolute Gasteiger partial charge is 0.476 e. The van der Waals surface area contributed by atoms with E-state index in [0.29, 0.717) is 0 Å². The zero-order valence-electron chi connectivity index (χ0n) is 17.5. The van der Waals surface area contributed by atoms with Crippen molar-refractivity contribution in [3.8, 4) is 11.6 Å². The van der Waals surface area contributed by atoms with Gasteiger partial charge in [0.2, 0.25) is 5.91 Å². The lowest BCUT2D eigenvalue weighted by Crippen LogP contribution is -2.41. The summed E-state index contributed by atoms with van der Waals surface area (Å²) in [6.45, 7) is 1.22. The highest BCUT2D eigenvalue weighted by Gasteiger charge is 2.17. The van der Waals surface area contributed by atoms with Crippen molar-refractivity contribution in [1.29, 1.82) is 0 Å². The lowest BCUT2D eigenvalue weighted by atomic mass is 10.2. The average molecular weight is 427 g/mol. The normalized spacial score (nSPS) is 10.6. The Balaban J connectivity index is 2.15. The molecule has 0 saturated heterocycles. The number of ether oxygens (including phenoxy) is 1. The first-order valence-electron chi connectivity index (χ1n) is 9.33. The summed E-state index contributed by atoms with van der Waals surface area (Å²) < 4.78 is 21.0. The fourth-order valence-electron chi connectivity index (χ4n) is 2.97. The third-order valence-corrected chi connectivity index (χ3v) is 4.50. The van der Waals surface area contributed by atoms with Crippen molar-refractivity contribution in [3.05, 3.63) is 74.7 Å². The fraction of sp³-hybridized carbons (Fsp3) is 0.238. The Labute approximate surface area is 177 Å². The molecular formula is C21H22FN5O4. The van der Waals surface area contributed by atoms with Crippen molar-refractivity contribution in [1.82, 2.24) is 14.3 Å². The number of methoxy groups -OCH3 is 1. The molecule has 3 rings (SSSR count). The number of rotatable bonds is 6. The molecule has 0 aliphatic rings. The van der Waals surface area contributed by atoms with Crippen molar-refractivity contribution in [3.63, 3.8) is 0 Å². The number of carbonyl (C=O) groups is 1. The first-order valence-corrected chi connectivity index (χ1v) is 9.33. The molecule has 0 spiro atoms. The Morgan fingerprint density at radius 3 is 2.58 bits per heavy atom. The molecule has 0 aliphatic carbocycles. The van der Waals surface area contributed by atoms with Gasteiger partial charge in [0.1, 0.15) is 5.82 Å². The molecule has 0 unspecified atom stereocenters. The highest BCUT2D eigenvalue weighted by Crippen LogP contribution is 2.18. The first-order chi connectivity index (χ1) is 14.7. The molecule has 1 heterocycles. The molecule has 31 heavy (non-hydrogen) atoms. The van der Waals surface area contributed by atoms with Gasteiger partial charge >= 0.3 is 11.2 Å². The SMILES string of the molecule is COc1nn(-c2ccc(F)c(NC(C)=O)c2)c(=O)n(Cc2cccc(N(C)C)c2)c1=O. The van der Waals surface area contributed by atoms with Crippen LogP contribution in [0.1, 0.15) is 12.5 Å². The second-order valence-corrected chi connectivity index (χ2v) is 7.00. The minimum absolute atomic E-state index is 0.0159. The minimum atomic E-state index is -0.735. The summed E-state index contributed by atoms with van der Waals surface area (Å²) in [6, 6.07) is 11.0. The van der Waals surface area contributed by atoms with Crippen LogP contribution in [0.3, 0.4) is 0 Å². The van der Waals surface area contributed by atoms with Crippen molar-refractivity contribution in [2.75, 3.05) is 31.4 Å². The van der Waals surface area contributed by atoms with Crippen molar-refractivity contribution < 1.29 is 13.9 Å². The number of amides is 1. The van der Waals surface area contributed by atoms with Gasteiger partial charge in [-0.05, 0) is 35.9 Å². The van der Waals surface area contributed by atoms with Crippen LogP contribution >= 0.6 is 0 Å². The van der Waals surface area contributed by atoms with Gasteiger partial charge in [-0.15, -0.1) is 5.10 Å². The number of hydrogen-bond acceptors (Lipinski definition) is 6. The summed E-state index contributed by atoms with van der Waals surface area (Å²) >= 11 is 0. The number of carbonyl (C=O) groups excluding carboxylic acids is 1. The number of nitrogens with one attached hydrogen (secondary N) is 1. The molecule has 0 atom stereocenters. The standard InChI is InChI=1S/C21H22FN5O4/c1-13(28)23-18-11-16(8-9-17(18)22)27-21(30)26(20(29)19(24-27)31-4)12-14-6-5-7-15(10-14)25(2)3/h5-11H,12H2,1-4H3,(H,23,28). The molecule has 0 fully saturated rings. The van der Waals surface area contributed by atoms with Crippen LogP contribution in [0.5, 0.6) is 5.88 Å². The topological polar surface area (TPSA) is 98.5 Å². The molecular weight excluding hydrogens is 405 g/mol. The van der Waals surface area contributed by atoms with E-state index in [0.717, 1.165) is 26.6 Å². The predicted molar refractivity (Wildman–Crippen MR) is 115 cm³/mol. The Bertz CT molecular complexity index is 1250. The lowest BCUT2D eigenvalue weighted by Gasteiger charge is -2.15. The molecule has 9 nitrogen and oxygen atoms in total. The summed E-state index contributed by atoms with van der Waals surface area (Å²) in [7, 11) is 5.03. The Morgan fingerprint density at radius 2 is 1.94 bits per heavy atom. The second-order valence-electron chi connectivity index (χ2n) is 7.00. The summed E-state index contributed by atoms with van der Waals surface area (Å²) in [5.74, 6) is -1.44. The molecule has 2 aromatic carbocycles. The monoisotopic (exact) mass is 427 g/mol. The van der Waals surface area contributed by atoms with Crippen LogP contribution in [0.4, 0.5) is 15.8 Å². The van der Waals surface area contributed by atoms with Gasteiger partial charge in [0.15, 0.2) is 0 Å². The van der Waals surface area contributed by atoms with Gasteiger partial charge < -0.3 is 15.0 Å². The van der Waals surface area contributed by atoms with E-state index in [1.807, 2.05) is 37.2 Å². The highest BCUT2D eigenvalue weighted by atomic mass is 19.1. The number of anilines is 2. The van der Waals surface area contributed by atoms with Gasteiger partial charge in [0, 0.05) is 26.7 Å². The fourth-order valence-corrected chi connectivity index (χ4v) is 2.97. The molecule has 1 aromatic heterocycles. The minimum Gasteiger partial charge on any atom is -0.476 e. The van der Waals surface area contributed by atoms with E-state index >= 15 is 0 Å². The van der Waals surface area contributed by atoms with Crippen molar-refractivity contribution in [2.45, 2.75) is 13.5 Å². The Hall–Kier alpha value is -3.95. The zero-order chi connectivity index (χ0) is 22.7. The molecule has 10 heteroatoms. The maximum absolute atomic E-state index is 14.0. The van der Waals surface area contributed by atoms with Gasteiger partial charge in [-0.1, -0.05) is 12.1 Å². The van der Waals surface area contributed by atoms with Gasteiger partial charge in [0.25, 0.3) is 5.88 Å². The zero-order valence-corrected chi connectivity index (χ0v) is 17.5. The first kappa shape index (κ1) is 21.8. The van der Waals surface area contributed by atoms with E-state index in [1.165, 1.54) is 26.2 Å². The Morgan fingerprint density at radius 1 is 1.19 bits per heavy atom. The van der Waals surface area contributed by atoms with Crippen LogP contribution in [0.25, 0.3) is 5.69 Å². The molecule has 0 saturated carbocycles. The molecule has 1 amide bonds. The molecule has 1 N–H and O–H groups in total. The number of aromatic nitrogens is 3. The predicted octanol–water partition coefficient (Wildman–Crippen LogP) is 1.61. The van der Waals surface area contributed by atoms with Crippen LogP contribution in [0.15, 0.2) is 52.1 Å². The maximum atomic E-state index is 14.0. The number of hydrogen-bond donors (Lipinski definition) is 1. The Kier molecular flexibility index (Phi) is 6.19. The van der Waals surface area contributed by atoms with Crippen LogP contribution < -0.4 is 26.2 Å². The van der Waals surface area contributed by atoms with Gasteiger partial charge in [-0.3, -0.25) is 9.59 Å². The van der Waals surface area contributed by atoms with E-state index in [1.54, 1.807) is 6.07 Å². The molecule has 3 aromatic rings. The molecule has 162 valence electrons. The van der Waals surface area contributed by atoms with Gasteiger partial charge in [-0.2, -0.15) is 4.68 Å². The number of nitrogens with zero attached hydrogens (tertiary/aromatic N) is 4. The van der Waals surface area contributed by atoms with E-state index in [-0.39, 0.29) is 23.8 Å². The summed E-state index contributed by atoms with van der Waals surface area (Å²) in [5, 5.41) is 6.32.